The van der Waals surface area contributed by atoms with Crippen molar-refractivity contribution in [2.24, 2.45) is 11.8 Å². The van der Waals surface area contributed by atoms with Crippen LogP contribution < -0.4 is 5.32 Å². The molecular formula is C14H26N2O2. The smallest absolute Gasteiger partial charge is 0.239 e. The van der Waals surface area contributed by atoms with Crippen molar-refractivity contribution in [2.75, 3.05) is 26.3 Å². The largest absolute Gasteiger partial charge is 0.378 e. The first kappa shape index (κ1) is 13.8. The Morgan fingerprint density at radius 3 is 2.50 bits per heavy atom. The van der Waals surface area contributed by atoms with Gasteiger partial charge in [0.05, 0.1) is 19.3 Å². The second-order valence-electron chi connectivity index (χ2n) is 5.85. The van der Waals surface area contributed by atoms with Crippen LogP contribution in [0, 0.1) is 11.8 Å². The fraction of sp³-hybridized carbons (Fsp3) is 0.929. The van der Waals surface area contributed by atoms with Crippen LogP contribution in [0.5, 0.6) is 0 Å². The second kappa shape index (κ2) is 6.02. The third kappa shape index (κ3) is 3.04. The molecule has 1 aliphatic heterocycles. The molecule has 4 unspecified atom stereocenters. The second-order valence-corrected chi connectivity index (χ2v) is 5.85. The summed E-state index contributed by atoms with van der Waals surface area (Å²) in [6.45, 7) is 9.42. The first-order valence-corrected chi connectivity index (χ1v) is 7.22. The molecule has 1 aliphatic carbocycles. The van der Waals surface area contributed by atoms with Gasteiger partial charge in [0.25, 0.3) is 0 Å². The molecule has 4 nitrogen and oxygen atoms in total. The third-order valence-corrected chi connectivity index (χ3v) is 4.62. The van der Waals surface area contributed by atoms with E-state index in [2.05, 4.69) is 19.2 Å². The molecule has 1 N–H and O–H groups in total. The van der Waals surface area contributed by atoms with Gasteiger partial charge >= 0.3 is 0 Å². The summed E-state index contributed by atoms with van der Waals surface area (Å²) in [5.74, 6) is 1.67. The van der Waals surface area contributed by atoms with E-state index < -0.39 is 0 Å². The Balaban J connectivity index is 1.83. The van der Waals surface area contributed by atoms with Crippen molar-refractivity contribution in [3.05, 3.63) is 0 Å². The van der Waals surface area contributed by atoms with Crippen molar-refractivity contribution < 1.29 is 9.53 Å². The highest BCUT2D eigenvalue weighted by atomic mass is 16.5. The maximum atomic E-state index is 12.3. The van der Waals surface area contributed by atoms with Gasteiger partial charge in [0.1, 0.15) is 0 Å². The van der Waals surface area contributed by atoms with Gasteiger partial charge in [-0.2, -0.15) is 0 Å². The molecular weight excluding hydrogens is 228 g/mol. The number of hydrogen-bond acceptors (Lipinski definition) is 3. The fourth-order valence-corrected chi connectivity index (χ4v) is 3.05. The lowest BCUT2D eigenvalue weighted by Gasteiger charge is -2.31. The molecule has 0 bridgehead atoms. The molecule has 1 heterocycles. The molecule has 4 heteroatoms. The quantitative estimate of drug-likeness (QED) is 0.824. The van der Waals surface area contributed by atoms with Gasteiger partial charge in [-0.1, -0.05) is 13.8 Å². The van der Waals surface area contributed by atoms with Crippen molar-refractivity contribution in [1.29, 1.82) is 0 Å². The summed E-state index contributed by atoms with van der Waals surface area (Å²) in [6.07, 6.45) is 2.47. The van der Waals surface area contributed by atoms with Crippen molar-refractivity contribution in [1.82, 2.24) is 10.2 Å². The zero-order valence-corrected chi connectivity index (χ0v) is 11.8. The number of nitrogens with one attached hydrogen (secondary N) is 1. The monoisotopic (exact) mass is 254 g/mol. The van der Waals surface area contributed by atoms with Crippen LogP contribution in [0.2, 0.25) is 0 Å². The number of carbonyl (C=O) groups is 1. The molecule has 0 aromatic carbocycles. The van der Waals surface area contributed by atoms with Crippen molar-refractivity contribution in [3.63, 3.8) is 0 Å². The van der Waals surface area contributed by atoms with E-state index in [1.165, 1.54) is 12.8 Å². The lowest BCUT2D eigenvalue weighted by Crippen LogP contribution is -2.52. The fourth-order valence-electron chi connectivity index (χ4n) is 3.05. The number of rotatable bonds is 3. The zero-order chi connectivity index (χ0) is 13.1. The highest BCUT2D eigenvalue weighted by molar-refractivity contribution is 5.81. The molecule has 0 spiro atoms. The van der Waals surface area contributed by atoms with Gasteiger partial charge in [-0.05, 0) is 31.6 Å². The summed E-state index contributed by atoms with van der Waals surface area (Å²) in [6, 6.07) is 0.431. The van der Waals surface area contributed by atoms with Gasteiger partial charge in [-0.3, -0.25) is 4.79 Å². The first-order valence-electron chi connectivity index (χ1n) is 7.22. The third-order valence-electron chi connectivity index (χ3n) is 4.62. The lowest BCUT2D eigenvalue weighted by molar-refractivity contribution is -0.137. The Morgan fingerprint density at radius 2 is 1.94 bits per heavy atom. The summed E-state index contributed by atoms with van der Waals surface area (Å²) in [5.41, 5.74) is 0. The summed E-state index contributed by atoms with van der Waals surface area (Å²) in [5, 5.41) is 3.52. The summed E-state index contributed by atoms with van der Waals surface area (Å²) < 4.78 is 5.28. The minimum absolute atomic E-state index is 0.0687. The maximum Gasteiger partial charge on any atom is 0.239 e. The average molecular weight is 254 g/mol. The van der Waals surface area contributed by atoms with Crippen LogP contribution in [0.1, 0.15) is 33.6 Å². The van der Waals surface area contributed by atoms with Crippen molar-refractivity contribution in [3.8, 4) is 0 Å². The van der Waals surface area contributed by atoms with Crippen LogP contribution in [0.4, 0.5) is 0 Å². The van der Waals surface area contributed by atoms with Gasteiger partial charge < -0.3 is 15.0 Å². The number of ether oxygens (including phenoxy) is 1. The Morgan fingerprint density at radius 1 is 1.28 bits per heavy atom. The maximum absolute atomic E-state index is 12.3. The minimum atomic E-state index is -0.0687. The Labute approximate surface area is 110 Å². The van der Waals surface area contributed by atoms with Crippen molar-refractivity contribution in [2.45, 2.75) is 45.7 Å². The summed E-state index contributed by atoms with van der Waals surface area (Å²) in [7, 11) is 0. The molecule has 104 valence electrons. The molecule has 1 saturated heterocycles. The average Bonchev–Trinajstić information content (AvgIpc) is 2.71. The first-order chi connectivity index (χ1) is 8.59. The molecule has 0 aromatic heterocycles. The number of nitrogens with zero attached hydrogens (tertiary/aromatic N) is 1. The Bertz CT molecular complexity index is 290. The molecule has 4 atom stereocenters. The van der Waals surface area contributed by atoms with Crippen LogP contribution in [0.3, 0.4) is 0 Å². The van der Waals surface area contributed by atoms with E-state index in [1.807, 2.05) is 11.8 Å². The Hall–Kier alpha value is -0.610. The van der Waals surface area contributed by atoms with Gasteiger partial charge in [-0.25, -0.2) is 0 Å². The molecule has 2 rings (SSSR count). The van der Waals surface area contributed by atoms with Crippen molar-refractivity contribution >= 4 is 5.91 Å². The molecule has 2 aliphatic rings. The van der Waals surface area contributed by atoms with Crippen LogP contribution in [-0.2, 0) is 9.53 Å². The number of morpholine rings is 1. The SMILES string of the molecule is CC(NC1CCC(C)C1C)C(=O)N1CCOCC1. The predicted molar refractivity (Wildman–Crippen MR) is 71.3 cm³/mol. The Kier molecular flexibility index (Phi) is 4.62. The van der Waals surface area contributed by atoms with E-state index in [9.17, 15) is 4.79 Å². The summed E-state index contributed by atoms with van der Waals surface area (Å²) >= 11 is 0. The van der Waals surface area contributed by atoms with Crippen LogP contribution >= 0.6 is 0 Å². The number of hydrogen-bond donors (Lipinski definition) is 1. The lowest BCUT2D eigenvalue weighted by atomic mass is 9.97. The van der Waals surface area contributed by atoms with Gasteiger partial charge in [-0.15, -0.1) is 0 Å². The normalized spacial score (nSPS) is 34.6. The molecule has 2 fully saturated rings. The van der Waals surface area contributed by atoms with E-state index >= 15 is 0 Å². The van der Waals surface area contributed by atoms with Gasteiger partial charge in [0.2, 0.25) is 5.91 Å². The van der Waals surface area contributed by atoms with Crippen LogP contribution in [-0.4, -0.2) is 49.2 Å². The number of carbonyl (C=O) groups excluding carboxylic acids is 1. The van der Waals surface area contributed by atoms with Crippen LogP contribution in [0.15, 0.2) is 0 Å². The van der Waals surface area contributed by atoms with E-state index in [0.717, 1.165) is 19.0 Å². The van der Waals surface area contributed by atoms with E-state index in [1.54, 1.807) is 0 Å². The molecule has 0 aromatic rings. The van der Waals surface area contributed by atoms with Gasteiger partial charge in [0, 0.05) is 19.1 Å². The minimum Gasteiger partial charge on any atom is -0.378 e. The number of amides is 1. The van der Waals surface area contributed by atoms with E-state index in [4.69, 9.17) is 4.74 Å². The highest BCUT2D eigenvalue weighted by Crippen LogP contribution is 2.31. The summed E-state index contributed by atoms with van der Waals surface area (Å²) in [4.78, 5) is 14.2. The predicted octanol–water partition coefficient (Wildman–Crippen LogP) is 1.26. The molecule has 1 amide bonds. The van der Waals surface area contributed by atoms with E-state index in [-0.39, 0.29) is 11.9 Å². The molecule has 0 radical (unpaired) electrons. The topological polar surface area (TPSA) is 41.6 Å². The van der Waals surface area contributed by atoms with E-state index in [0.29, 0.717) is 25.2 Å². The molecule has 18 heavy (non-hydrogen) atoms. The van der Waals surface area contributed by atoms with Crippen LogP contribution in [0.25, 0.3) is 0 Å². The molecule has 1 saturated carbocycles. The zero-order valence-electron chi connectivity index (χ0n) is 11.8. The standard InChI is InChI=1S/C14H26N2O2/c1-10-4-5-13(11(10)2)15-12(3)14(17)16-6-8-18-9-7-16/h10-13,15H,4-9H2,1-3H3. The van der Waals surface area contributed by atoms with Gasteiger partial charge in [0.15, 0.2) is 0 Å². The highest BCUT2D eigenvalue weighted by Gasteiger charge is 2.32.